The van der Waals surface area contributed by atoms with Crippen molar-refractivity contribution < 1.29 is 23.5 Å². The maximum absolute atomic E-state index is 14.2. The average molecular weight is 408 g/mol. The van der Waals surface area contributed by atoms with Crippen LogP contribution >= 0.6 is 0 Å². The van der Waals surface area contributed by atoms with Gasteiger partial charge in [0.1, 0.15) is 0 Å². The van der Waals surface area contributed by atoms with Crippen molar-refractivity contribution >= 4 is 16.6 Å². The smallest absolute Gasteiger partial charge is 0.305 e. The summed E-state index contributed by atoms with van der Waals surface area (Å²) < 4.78 is 32.3. The second-order valence-electron chi connectivity index (χ2n) is 7.53. The number of hydrogen-bond donors (Lipinski definition) is 0. The van der Waals surface area contributed by atoms with E-state index in [1.165, 1.54) is 12.1 Å². The molecule has 0 aliphatic carbocycles. The molecule has 0 N–H and O–H groups in total. The van der Waals surface area contributed by atoms with Crippen molar-refractivity contribution in [2.24, 2.45) is 0 Å². The summed E-state index contributed by atoms with van der Waals surface area (Å²) in [5.41, 5.74) is 0.577. The Hall–Kier alpha value is -2.29. The van der Waals surface area contributed by atoms with Gasteiger partial charge in [0.2, 0.25) is 5.82 Å². The van der Waals surface area contributed by atoms with Crippen molar-refractivity contribution in [3.8, 4) is 0 Å². The summed E-state index contributed by atoms with van der Waals surface area (Å²) >= 11 is 0. The lowest BCUT2D eigenvalue weighted by atomic mass is 9.90. The van der Waals surface area contributed by atoms with E-state index in [9.17, 15) is 14.5 Å². The Bertz CT molecular complexity index is 858. The lowest BCUT2D eigenvalue weighted by molar-refractivity contribution is -0.387. The molecule has 1 aromatic carbocycles. The number of nitro groups is 1. The monoisotopic (exact) mass is 408 g/mol. The summed E-state index contributed by atoms with van der Waals surface area (Å²) in [5.74, 6) is -0.850. The topological polar surface area (TPSA) is 75.8 Å². The molecule has 0 aliphatic heterocycles. The van der Waals surface area contributed by atoms with E-state index in [2.05, 4.69) is 6.58 Å². The Morgan fingerprint density at radius 2 is 2.00 bits per heavy atom. The second-order valence-corrected chi connectivity index (χ2v) is 7.53. The van der Waals surface area contributed by atoms with E-state index in [0.29, 0.717) is 30.7 Å². The fraction of sp³-hybridized carbons (Fsp3) is 0.524. The number of ether oxygens (including phenoxy) is 3. The number of fused-ring (bicyclic) bond motifs is 1. The van der Waals surface area contributed by atoms with Gasteiger partial charge in [0.15, 0.2) is 6.29 Å². The molecule has 7 nitrogen and oxygen atoms in total. The zero-order valence-electron chi connectivity index (χ0n) is 17.4. The van der Waals surface area contributed by atoms with Gasteiger partial charge in [0, 0.05) is 62.4 Å². The van der Waals surface area contributed by atoms with Crippen molar-refractivity contribution in [2.45, 2.75) is 44.9 Å². The number of hydrogen-bond acceptors (Lipinski definition) is 5. The van der Waals surface area contributed by atoms with Crippen LogP contribution in [0.1, 0.15) is 32.4 Å². The number of allylic oxidation sites excluding steroid dienone is 1. The highest BCUT2D eigenvalue weighted by molar-refractivity contribution is 5.84. The Morgan fingerprint density at radius 1 is 1.31 bits per heavy atom. The molecular formula is C21H29FN2O5. The number of aromatic nitrogens is 1. The molecule has 0 radical (unpaired) electrons. The lowest BCUT2D eigenvalue weighted by Gasteiger charge is -2.26. The minimum Gasteiger partial charge on any atom is -0.380 e. The molecule has 0 saturated heterocycles. The summed E-state index contributed by atoms with van der Waals surface area (Å²) in [5, 5.41) is 11.7. The first kappa shape index (κ1) is 23.0. The predicted molar refractivity (Wildman–Crippen MR) is 110 cm³/mol. The highest BCUT2D eigenvalue weighted by Crippen LogP contribution is 2.33. The van der Waals surface area contributed by atoms with Gasteiger partial charge < -0.3 is 18.8 Å². The van der Waals surface area contributed by atoms with E-state index in [1.54, 1.807) is 20.3 Å². The number of benzene rings is 1. The average Bonchev–Trinajstić information content (AvgIpc) is 3.02. The molecule has 2 rings (SSSR count). The summed E-state index contributed by atoms with van der Waals surface area (Å²) in [6.07, 6.45) is 2.99. The van der Waals surface area contributed by atoms with E-state index in [-0.39, 0.29) is 6.29 Å². The van der Waals surface area contributed by atoms with Crippen LogP contribution in [0.25, 0.3) is 10.9 Å². The SMILES string of the molecule is C=CCn1c(C(C)(C)COCCCC(OC)OC)cc2cc([N+](=O)[O-])c(F)cc21. The molecular weight excluding hydrogens is 379 g/mol. The quantitative estimate of drug-likeness (QED) is 0.169. The Labute approximate surface area is 170 Å². The van der Waals surface area contributed by atoms with Crippen molar-refractivity contribution in [3.63, 3.8) is 0 Å². The molecule has 0 unspecified atom stereocenters. The molecule has 0 bridgehead atoms. The molecule has 0 fully saturated rings. The van der Waals surface area contributed by atoms with Crippen LogP contribution in [0.3, 0.4) is 0 Å². The third-order valence-corrected chi connectivity index (χ3v) is 4.89. The fourth-order valence-corrected chi connectivity index (χ4v) is 3.38. The van der Waals surface area contributed by atoms with Crippen LogP contribution in [0.4, 0.5) is 10.1 Å². The largest absolute Gasteiger partial charge is 0.380 e. The van der Waals surface area contributed by atoms with Crippen molar-refractivity contribution in [3.05, 3.63) is 52.5 Å². The summed E-state index contributed by atoms with van der Waals surface area (Å²) in [7, 11) is 3.20. The highest BCUT2D eigenvalue weighted by Gasteiger charge is 2.28. The van der Waals surface area contributed by atoms with Crippen molar-refractivity contribution in [1.29, 1.82) is 0 Å². The van der Waals surface area contributed by atoms with Crippen LogP contribution < -0.4 is 0 Å². The van der Waals surface area contributed by atoms with E-state index < -0.39 is 21.8 Å². The number of rotatable bonds is 12. The van der Waals surface area contributed by atoms with Crippen LogP contribution in [-0.2, 0) is 26.2 Å². The Kier molecular flexibility index (Phi) is 7.89. The van der Waals surface area contributed by atoms with Gasteiger partial charge in [-0.15, -0.1) is 6.58 Å². The van der Waals surface area contributed by atoms with Crippen LogP contribution in [0, 0.1) is 15.9 Å². The normalized spacial score (nSPS) is 12.1. The highest BCUT2D eigenvalue weighted by atomic mass is 19.1. The predicted octanol–water partition coefficient (Wildman–Crippen LogP) is 4.57. The molecule has 0 saturated carbocycles. The first-order chi connectivity index (χ1) is 13.7. The van der Waals surface area contributed by atoms with E-state index in [1.807, 2.05) is 24.5 Å². The van der Waals surface area contributed by atoms with Gasteiger partial charge in [-0.2, -0.15) is 4.39 Å². The maximum Gasteiger partial charge on any atom is 0.305 e. The summed E-state index contributed by atoms with van der Waals surface area (Å²) in [6, 6.07) is 4.36. The number of nitro benzene ring substituents is 1. The number of nitrogens with zero attached hydrogens (tertiary/aromatic N) is 2. The standard InChI is InChI=1S/C21H29FN2O5/c1-6-9-23-17-13-16(22)18(24(25)26)11-15(17)12-19(23)21(2,3)14-29-10-7-8-20(27-4)28-5/h6,11-13,20H,1,7-10,14H2,2-5H3. The van der Waals surface area contributed by atoms with E-state index >= 15 is 0 Å². The summed E-state index contributed by atoms with van der Waals surface area (Å²) in [4.78, 5) is 10.4. The number of methoxy groups -OCH3 is 2. The third kappa shape index (κ3) is 5.41. The van der Waals surface area contributed by atoms with Gasteiger partial charge in [-0.05, 0) is 12.5 Å². The van der Waals surface area contributed by atoms with Gasteiger partial charge >= 0.3 is 5.69 Å². The van der Waals surface area contributed by atoms with Gasteiger partial charge in [-0.25, -0.2) is 0 Å². The molecule has 2 aromatic rings. The molecule has 1 heterocycles. The van der Waals surface area contributed by atoms with Gasteiger partial charge in [0.05, 0.1) is 17.0 Å². The van der Waals surface area contributed by atoms with Gasteiger partial charge in [0.25, 0.3) is 0 Å². The van der Waals surface area contributed by atoms with Crippen LogP contribution in [0.5, 0.6) is 0 Å². The van der Waals surface area contributed by atoms with E-state index in [0.717, 1.165) is 18.5 Å². The third-order valence-electron chi connectivity index (χ3n) is 4.89. The Morgan fingerprint density at radius 3 is 2.59 bits per heavy atom. The van der Waals surface area contributed by atoms with Crippen LogP contribution in [0.15, 0.2) is 30.9 Å². The molecule has 0 atom stereocenters. The van der Waals surface area contributed by atoms with E-state index in [4.69, 9.17) is 14.2 Å². The van der Waals surface area contributed by atoms with Crippen LogP contribution in [0.2, 0.25) is 0 Å². The maximum atomic E-state index is 14.2. The Balaban J connectivity index is 2.22. The minimum atomic E-state index is -0.850. The molecule has 0 aliphatic rings. The van der Waals surface area contributed by atoms with Gasteiger partial charge in [-0.3, -0.25) is 10.1 Å². The molecule has 8 heteroatoms. The van der Waals surface area contributed by atoms with Crippen molar-refractivity contribution in [2.75, 3.05) is 27.4 Å². The minimum absolute atomic E-state index is 0.243. The first-order valence-corrected chi connectivity index (χ1v) is 9.47. The lowest BCUT2D eigenvalue weighted by Crippen LogP contribution is -2.28. The molecule has 160 valence electrons. The molecule has 0 amide bonds. The number of halogens is 1. The van der Waals surface area contributed by atoms with Crippen LogP contribution in [-0.4, -0.2) is 43.2 Å². The fourth-order valence-electron chi connectivity index (χ4n) is 3.38. The first-order valence-electron chi connectivity index (χ1n) is 9.47. The van der Waals surface area contributed by atoms with Gasteiger partial charge in [-0.1, -0.05) is 19.9 Å². The summed E-state index contributed by atoms with van der Waals surface area (Å²) in [6.45, 7) is 9.28. The molecule has 29 heavy (non-hydrogen) atoms. The zero-order valence-corrected chi connectivity index (χ0v) is 17.4. The second kappa shape index (κ2) is 9.96. The molecule has 1 aromatic heterocycles. The molecule has 0 spiro atoms. The zero-order chi connectivity index (χ0) is 21.6. The van der Waals surface area contributed by atoms with Crippen molar-refractivity contribution in [1.82, 2.24) is 4.57 Å².